The maximum absolute atomic E-state index is 4.92. The Morgan fingerprint density at radius 1 is 1.71 bits per heavy atom. The largest absolute Gasteiger partial charge is 0.501 e. The maximum Gasteiger partial charge on any atom is 0.0991 e. The van der Waals surface area contributed by atoms with Crippen LogP contribution in [0.4, 0.5) is 0 Å². The van der Waals surface area contributed by atoms with Gasteiger partial charge < -0.3 is 4.74 Å². The van der Waals surface area contributed by atoms with Gasteiger partial charge in [-0.1, -0.05) is 0 Å². The van der Waals surface area contributed by atoms with Crippen LogP contribution in [0.2, 0.25) is 0 Å². The fourth-order valence-corrected chi connectivity index (χ4v) is 0.739. The molecule has 0 fully saturated rings. The zero-order valence-corrected chi connectivity index (χ0v) is 4.53. The molecule has 1 aliphatic rings. The van der Waals surface area contributed by atoms with Gasteiger partial charge in [0, 0.05) is 6.42 Å². The summed E-state index contributed by atoms with van der Waals surface area (Å²) >= 11 is 0. The zero-order valence-electron chi connectivity index (χ0n) is 4.53. The van der Waals surface area contributed by atoms with Gasteiger partial charge in [0.25, 0.3) is 0 Å². The molecular weight excluding hydrogens is 88.1 g/mol. The summed E-state index contributed by atoms with van der Waals surface area (Å²) in [6, 6.07) is 0. The average Bonchev–Trinajstić information content (AvgIpc) is 2.14. The molecule has 0 amide bonds. The zero-order chi connectivity index (χ0) is 5.11. The number of hydrogen-bond donors (Lipinski definition) is 0. The molecule has 1 rings (SSSR count). The normalized spacial score (nSPS) is 19.3. The summed E-state index contributed by atoms with van der Waals surface area (Å²) < 4.78 is 4.92. The molecule has 1 heteroatoms. The van der Waals surface area contributed by atoms with Crippen LogP contribution in [-0.2, 0) is 4.74 Å². The first-order chi connectivity index (χ1) is 3.43. The molecule has 0 atom stereocenters. The second-order valence-electron chi connectivity index (χ2n) is 1.66. The van der Waals surface area contributed by atoms with E-state index >= 15 is 0 Å². The van der Waals surface area contributed by atoms with Crippen LogP contribution >= 0.6 is 0 Å². The predicted octanol–water partition coefficient (Wildman–Crippen LogP) is 1.50. The Balaban J connectivity index is 2.36. The van der Waals surface area contributed by atoms with Crippen molar-refractivity contribution in [3.8, 4) is 0 Å². The van der Waals surface area contributed by atoms with Crippen molar-refractivity contribution >= 4 is 0 Å². The summed E-state index contributed by atoms with van der Waals surface area (Å²) in [4.78, 5) is 0. The van der Waals surface area contributed by atoms with Gasteiger partial charge in [0.2, 0.25) is 0 Å². The monoisotopic (exact) mass is 97.1 g/mol. The lowest BCUT2D eigenvalue weighted by molar-refractivity contribution is 0.281. The Morgan fingerprint density at radius 2 is 2.57 bits per heavy atom. The second kappa shape index (κ2) is 2.01. The van der Waals surface area contributed by atoms with Crippen molar-refractivity contribution in [2.75, 3.05) is 7.11 Å². The van der Waals surface area contributed by atoms with E-state index in [1.165, 1.54) is 6.42 Å². The summed E-state index contributed by atoms with van der Waals surface area (Å²) in [6.07, 6.45) is 6.51. The summed E-state index contributed by atoms with van der Waals surface area (Å²) in [5.41, 5.74) is 0. The van der Waals surface area contributed by atoms with Gasteiger partial charge in [-0.2, -0.15) is 0 Å². The molecule has 39 valence electrons. The van der Waals surface area contributed by atoms with Crippen LogP contribution in [0, 0.1) is 6.08 Å². The van der Waals surface area contributed by atoms with Crippen LogP contribution in [0.3, 0.4) is 0 Å². The van der Waals surface area contributed by atoms with Gasteiger partial charge in [0.15, 0.2) is 0 Å². The van der Waals surface area contributed by atoms with E-state index in [0.29, 0.717) is 0 Å². The van der Waals surface area contributed by atoms with E-state index < -0.39 is 0 Å². The standard InChI is InChI=1S/C6H9O/c1-7-6-4-2-3-5-6/h2-4H2,1H3. The molecule has 0 N–H and O–H groups in total. The highest BCUT2D eigenvalue weighted by Crippen LogP contribution is 2.15. The second-order valence-corrected chi connectivity index (χ2v) is 1.66. The van der Waals surface area contributed by atoms with E-state index in [0.717, 1.165) is 18.6 Å². The quantitative estimate of drug-likeness (QED) is 0.482. The summed E-state index contributed by atoms with van der Waals surface area (Å²) in [5, 5.41) is 0. The molecular formula is C6H9O. The van der Waals surface area contributed by atoms with E-state index in [1.54, 1.807) is 7.11 Å². The van der Waals surface area contributed by atoms with Gasteiger partial charge in [-0.25, -0.2) is 0 Å². The lowest BCUT2D eigenvalue weighted by Gasteiger charge is -1.93. The first-order valence-electron chi connectivity index (χ1n) is 2.57. The van der Waals surface area contributed by atoms with Gasteiger partial charge >= 0.3 is 0 Å². The number of methoxy groups -OCH3 is 1. The minimum Gasteiger partial charge on any atom is -0.501 e. The molecule has 0 saturated heterocycles. The van der Waals surface area contributed by atoms with Crippen LogP contribution < -0.4 is 0 Å². The molecule has 0 aromatic rings. The van der Waals surface area contributed by atoms with Crippen LogP contribution in [-0.4, -0.2) is 7.11 Å². The smallest absolute Gasteiger partial charge is 0.0991 e. The lowest BCUT2D eigenvalue weighted by atomic mass is 10.4. The molecule has 0 unspecified atom stereocenters. The molecule has 0 aromatic carbocycles. The SMILES string of the molecule is COC1=[C]CCC1. The topological polar surface area (TPSA) is 9.23 Å². The fraction of sp³-hybridized carbons (Fsp3) is 0.667. The Labute approximate surface area is 44.0 Å². The summed E-state index contributed by atoms with van der Waals surface area (Å²) in [6.45, 7) is 0. The van der Waals surface area contributed by atoms with Crippen LogP contribution in [0.25, 0.3) is 0 Å². The number of ether oxygens (including phenoxy) is 1. The summed E-state index contributed by atoms with van der Waals surface area (Å²) in [7, 11) is 1.70. The van der Waals surface area contributed by atoms with Crippen molar-refractivity contribution in [1.82, 2.24) is 0 Å². The van der Waals surface area contributed by atoms with Crippen molar-refractivity contribution in [2.45, 2.75) is 19.3 Å². The summed E-state index contributed by atoms with van der Waals surface area (Å²) in [5.74, 6) is 1.04. The van der Waals surface area contributed by atoms with Gasteiger partial charge in [0.05, 0.1) is 12.9 Å². The highest BCUT2D eigenvalue weighted by Gasteiger charge is 2.01. The number of allylic oxidation sites excluding steroid dienone is 2. The van der Waals surface area contributed by atoms with Crippen molar-refractivity contribution in [1.29, 1.82) is 0 Å². The van der Waals surface area contributed by atoms with Gasteiger partial charge in [0.1, 0.15) is 0 Å². The van der Waals surface area contributed by atoms with Crippen LogP contribution in [0.15, 0.2) is 5.76 Å². The number of rotatable bonds is 1. The fourth-order valence-electron chi connectivity index (χ4n) is 0.739. The van der Waals surface area contributed by atoms with Gasteiger partial charge in [-0.15, -0.1) is 0 Å². The van der Waals surface area contributed by atoms with E-state index in [2.05, 4.69) is 6.08 Å². The molecule has 1 radical (unpaired) electrons. The third-order valence-corrected chi connectivity index (χ3v) is 1.15. The van der Waals surface area contributed by atoms with E-state index in [9.17, 15) is 0 Å². The molecule has 1 nitrogen and oxygen atoms in total. The predicted molar refractivity (Wildman–Crippen MR) is 27.6 cm³/mol. The van der Waals surface area contributed by atoms with Crippen molar-refractivity contribution in [2.24, 2.45) is 0 Å². The van der Waals surface area contributed by atoms with E-state index in [4.69, 9.17) is 4.74 Å². The highest BCUT2D eigenvalue weighted by molar-refractivity contribution is 4.92. The molecule has 0 aliphatic heterocycles. The molecule has 0 spiro atoms. The minimum atomic E-state index is 1.04. The van der Waals surface area contributed by atoms with Crippen LogP contribution in [0.1, 0.15) is 19.3 Å². The molecule has 0 bridgehead atoms. The van der Waals surface area contributed by atoms with E-state index in [1.807, 2.05) is 0 Å². The Bertz CT molecular complexity index is 84.2. The maximum atomic E-state index is 4.92. The van der Waals surface area contributed by atoms with Crippen molar-refractivity contribution < 1.29 is 4.74 Å². The van der Waals surface area contributed by atoms with Gasteiger partial charge in [-0.05, 0) is 18.9 Å². The first kappa shape index (κ1) is 4.69. The van der Waals surface area contributed by atoms with Crippen LogP contribution in [0.5, 0.6) is 0 Å². The third-order valence-electron chi connectivity index (χ3n) is 1.15. The van der Waals surface area contributed by atoms with Crippen molar-refractivity contribution in [3.63, 3.8) is 0 Å². The van der Waals surface area contributed by atoms with Gasteiger partial charge in [-0.3, -0.25) is 0 Å². The highest BCUT2D eigenvalue weighted by atomic mass is 16.5. The third kappa shape index (κ3) is 0.952. The molecule has 0 saturated carbocycles. The van der Waals surface area contributed by atoms with E-state index in [-0.39, 0.29) is 0 Å². The Hall–Kier alpha value is -0.460. The molecule has 7 heavy (non-hydrogen) atoms. The Kier molecular flexibility index (Phi) is 1.35. The lowest BCUT2D eigenvalue weighted by Crippen LogP contribution is -1.77. The first-order valence-corrected chi connectivity index (χ1v) is 2.57. The molecule has 1 aliphatic carbocycles. The molecule has 0 heterocycles. The number of hydrogen-bond acceptors (Lipinski definition) is 1. The average molecular weight is 97.1 g/mol. The molecule has 0 aromatic heterocycles. The Morgan fingerprint density at radius 3 is 2.86 bits per heavy atom. The minimum absolute atomic E-state index is 1.04. The van der Waals surface area contributed by atoms with Crippen molar-refractivity contribution in [3.05, 3.63) is 11.8 Å².